The second-order valence-electron chi connectivity index (χ2n) is 28.3. The number of fused-ring (bicyclic) bond motifs is 3. The molecule has 48 nitrogen and oxygen atoms in total. The molecule has 0 fully saturated rings. The molecule has 9 amide bonds. The highest BCUT2D eigenvalue weighted by Crippen LogP contribution is 2.15. The number of aliphatic hydroxyl groups excluding tert-OH is 3. The van der Waals surface area contributed by atoms with E-state index >= 15 is 0 Å². The minimum atomic E-state index is -1.86. The van der Waals surface area contributed by atoms with Gasteiger partial charge in [0.05, 0.1) is 181 Å². The van der Waals surface area contributed by atoms with Gasteiger partial charge in [-0.2, -0.15) is 4.98 Å². The number of carboxylic acids is 1. The molecule has 5 aromatic heterocycles. The van der Waals surface area contributed by atoms with Crippen LogP contribution in [0, 0.1) is 0 Å². The van der Waals surface area contributed by atoms with Crippen molar-refractivity contribution in [3.63, 3.8) is 0 Å². The first-order valence-electron chi connectivity index (χ1n) is 41.1. The predicted octanol–water partition coefficient (Wildman–Crippen LogP) is -5.79. The van der Waals surface area contributed by atoms with Crippen LogP contribution in [0.2, 0.25) is 0 Å². The normalized spacial score (nSPS) is 19.0. The van der Waals surface area contributed by atoms with Crippen molar-refractivity contribution >= 4 is 81.9 Å². The molecular formula is C77H117N23O25. The van der Waals surface area contributed by atoms with E-state index in [0.717, 1.165) is 0 Å². The van der Waals surface area contributed by atoms with Gasteiger partial charge in [-0.1, -0.05) is 5.21 Å². The van der Waals surface area contributed by atoms with Crippen LogP contribution in [0.5, 0.6) is 0 Å². The number of rotatable bonds is 51. The van der Waals surface area contributed by atoms with E-state index in [-0.39, 0.29) is 172 Å². The van der Waals surface area contributed by atoms with Crippen LogP contribution in [0.1, 0.15) is 92.4 Å². The Balaban J connectivity index is 0.786. The third-order valence-electron chi connectivity index (χ3n) is 18.6. The first-order valence-corrected chi connectivity index (χ1v) is 41.1. The largest absolute Gasteiger partial charge is 0.480 e. The summed E-state index contributed by atoms with van der Waals surface area (Å²) in [6.07, 6.45) is 4.61. The van der Waals surface area contributed by atoms with Gasteiger partial charge in [-0.15, -0.1) is 5.10 Å². The molecule has 6 aromatic rings. The molecule has 0 spiro atoms. The van der Waals surface area contributed by atoms with Crippen LogP contribution in [0.25, 0.3) is 11.2 Å². The highest BCUT2D eigenvalue weighted by molar-refractivity contribution is 5.98. The van der Waals surface area contributed by atoms with Crippen LogP contribution in [0.4, 0.5) is 11.6 Å². The number of carbonyl (C=O) groups excluding carboxylic acids is 9. The third-order valence-corrected chi connectivity index (χ3v) is 18.6. The number of carbonyl (C=O) groups is 10. The number of hydrogen-bond donors (Lipinski definition) is 19. The number of imidazole rings is 2. The van der Waals surface area contributed by atoms with Gasteiger partial charge in [0.15, 0.2) is 11.2 Å². The smallest absolute Gasteiger partial charge is 0.326 e. The number of anilines is 2. The summed E-state index contributed by atoms with van der Waals surface area (Å²) in [5, 5.41) is 80.8. The summed E-state index contributed by atoms with van der Waals surface area (Å²) in [6.45, 7) is 9.29. The Labute approximate surface area is 718 Å². The van der Waals surface area contributed by atoms with E-state index in [1.165, 1.54) is 61.9 Å². The fourth-order valence-corrected chi connectivity index (χ4v) is 11.9. The monoisotopic (exact) mass is 1760 g/mol. The number of nitrogens with two attached hydrogens (primary N) is 1. The van der Waals surface area contributed by atoms with Gasteiger partial charge in [0.1, 0.15) is 48.5 Å². The number of carboxylic acid groups (broad SMARTS) is 1. The molecule has 0 aliphatic carbocycles. The van der Waals surface area contributed by atoms with Crippen molar-refractivity contribution < 1.29 is 116 Å². The first-order chi connectivity index (χ1) is 60.5. The van der Waals surface area contributed by atoms with E-state index in [0.29, 0.717) is 95.1 Å². The quantitative estimate of drug-likeness (QED) is 0.0158. The first kappa shape index (κ1) is 101. The highest BCUT2D eigenvalue weighted by atomic mass is 16.6. The molecule has 125 heavy (non-hydrogen) atoms. The molecule has 0 radical (unpaired) electrons. The summed E-state index contributed by atoms with van der Waals surface area (Å²) < 4.78 is 56.8. The Morgan fingerprint density at radius 3 is 1.80 bits per heavy atom. The molecule has 0 saturated carbocycles. The number of aromatic amines is 3. The zero-order valence-electron chi connectivity index (χ0n) is 70.1. The van der Waals surface area contributed by atoms with E-state index in [1.807, 2.05) is 6.92 Å². The standard InChI is InChI=1S/C77H117N23O25/c1-4-116-21-22-120-27-25-119-20-16-82-69(107)56-7-5-6-17-100-44-54(98-99-100)39-58(70(108)92-59(37-52-40-79-46-85-52)71(109)94-61(45-101)73(111)93-60(38-53-41-80-47-86-53)72(110)95-64(49(3)102)74(112)87-48(2)67(105)90-56)89-63(104)14-18-117-23-26-121-29-31-123-33-35-125-36-34-124-32-30-122-28-24-118-19-15-81-62(103)13-12-57(76(114)115)91-68(106)50-8-10-51(11-9-50)83-42-55-43-84-66-65(88-55)75(113)97-77(78)96-66/h8-11,40-41,43-44,46-49,56-61,64,72,83,95,101-102,110H,4-7,12-39,42,45H2,1-3H3,(H,79,85)(H,80,86)(H,81,103)(H,82,107)(H,87,112)(H,89,104)(H,90,105)(H,91,106)(H,92,108)(H,93,111)(H,94,109)(H,114,115)(H3,78,84,96,97,113)/t48-,49+,56+,57+,58+,59-,60-,61-,64-,72?/m1/s1. The van der Waals surface area contributed by atoms with E-state index in [1.54, 1.807) is 18.3 Å². The van der Waals surface area contributed by atoms with Crippen LogP contribution >= 0.6 is 0 Å². The summed E-state index contributed by atoms with van der Waals surface area (Å²) in [7, 11) is 0. The Kier molecular flexibility index (Phi) is 46.2. The van der Waals surface area contributed by atoms with Crippen molar-refractivity contribution in [2.75, 3.05) is 163 Å². The lowest BCUT2D eigenvalue weighted by Gasteiger charge is -2.31. The molecule has 20 N–H and O–H groups in total. The number of aromatic nitrogens is 11. The summed E-state index contributed by atoms with van der Waals surface area (Å²) >= 11 is 0. The van der Waals surface area contributed by atoms with Gasteiger partial charge in [-0.25, -0.2) is 24.7 Å². The Morgan fingerprint density at radius 1 is 0.640 bits per heavy atom. The maximum atomic E-state index is 14.6. The molecule has 48 heteroatoms. The van der Waals surface area contributed by atoms with Gasteiger partial charge in [0, 0.05) is 99.6 Å². The molecule has 7 rings (SSSR count). The van der Waals surface area contributed by atoms with E-state index in [9.17, 15) is 73.2 Å². The molecule has 690 valence electrons. The molecule has 10 atom stereocenters. The van der Waals surface area contributed by atoms with Crippen molar-refractivity contribution in [2.45, 2.75) is 152 Å². The lowest BCUT2D eigenvalue weighted by molar-refractivity contribution is -0.139. The topological polar surface area (TPSA) is 662 Å². The minimum Gasteiger partial charge on any atom is -0.480 e. The minimum absolute atomic E-state index is 0.0288. The summed E-state index contributed by atoms with van der Waals surface area (Å²) in [5.74, 6) is -8.25. The van der Waals surface area contributed by atoms with Crippen molar-refractivity contribution in [3.05, 3.63) is 100 Å². The zero-order valence-corrected chi connectivity index (χ0v) is 70.1. The molecular weight excluding hydrogens is 1650 g/mol. The number of nitrogens with zero attached hydrogens (tertiary/aromatic N) is 8. The summed E-state index contributed by atoms with van der Waals surface area (Å²) in [6, 6.07) is -5.24. The van der Waals surface area contributed by atoms with Crippen molar-refractivity contribution in [1.82, 2.24) is 108 Å². The number of aliphatic hydroxyl groups is 3. The van der Waals surface area contributed by atoms with E-state index < -0.39 is 132 Å². The van der Waals surface area contributed by atoms with Gasteiger partial charge >= 0.3 is 5.97 Å². The fraction of sp³-hybridized carbons (Fsp3) is 0.610. The second kappa shape index (κ2) is 57.3. The average Bonchev–Trinajstić information content (AvgIpc) is 1.56. The van der Waals surface area contributed by atoms with Gasteiger partial charge < -0.3 is 137 Å². The molecule has 1 aromatic carbocycles. The molecule has 0 saturated heterocycles. The van der Waals surface area contributed by atoms with Crippen molar-refractivity contribution in [3.8, 4) is 0 Å². The number of hydrogen-bond acceptors (Lipinski definition) is 34. The summed E-state index contributed by atoms with van der Waals surface area (Å²) in [5.41, 5.74) is 7.37. The van der Waals surface area contributed by atoms with Gasteiger partial charge in [0.2, 0.25) is 53.2 Å². The van der Waals surface area contributed by atoms with Crippen LogP contribution in [0.15, 0.2) is 66.5 Å². The van der Waals surface area contributed by atoms with Crippen LogP contribution in [-0.4, -0.2) is 347 Å². The lowest BCUT2D eigenvalue weighted by Crippen LogP contribution is -2.63. The Morgan fingerprint density at radius 2 is 1.22 bits per heavy atom. The Hall–Kier alpha value is -11.3. The van der Waals surface area contributed by atoms with E-state index in [4.69, 9.17) is 53.1 Å². The number of nitrogens with one attached hydrogen (secondary N) is 14. The van der Waals surface area contributed by atoms with E-state index in [2.05, 4.69) is 109 Å². The SMILES string of the molecule is CCOCCOCCOCCNC(=O)[C@@H]1CCCCn2cc(nn2)C[C@H](NC(=O)CCOCCOCCOCCOCCOCCOCCOCCNC(=O)CC[C@H](NC(=O)c2ccc(NCc3cnc4nc(N)[nH]c(=O)c4n3)cc2)C(=O)O)C(=O)N[C@H](Cc2cnc[nH]2)C(=O)N[C@H](CO)C(=O)N[C@H](Cc2cnc[nH]2)C(O)N[C@H]([C@H](C)O)C(=O)N[C@H](C)C(=O)N1. The Bertz CT molecular complexity index is 4280. The van der Waals surface area contributed by atoms with Crippen LogP contribution in [-0.2, 0) is 123 Å². The van der Waals surface area contributed by atoms with Crippen molar-refractivity contribution in [1.29, 1.82) is 0 Å². The van der Waals surface area contributed by atoms with Gasteiger partial charge in [-0.3, -0.25) is 62.9 Å². The van der Waals surface area contributed by atoms with Crippen LogP contribution < -0.4 is 69.8 Å². The number of aliphatic carboxylic acids is 1. The van der Waals surface area contributed by atoms with Gasteiger partial charge in [-0.05, 0) is 70.7 Å². The number of nitrogen functional groups attached to an aromatic ring is 1. The molecule has 6 heterocycles. The predicted molar refractivity (Wildman–Crippen MR) is 440 cm³/mol. The summed E-state index contributed by atoms with van der Waals surface area (Å²) in [4.78, 5) is 176. The second-order valence-corrected chi connectivity index (χ2v) is 28.3. The maximum Gasteiger partial charge on any atom is 0.326 e. The number of amides is 9. The molecule has 2 bridgehead atoms. The number of H-pyrrole nitrogens is 3. The molecule has 1 unspecified atom stereocenters. The molecule has 1 aliphatic heterocycles. The highest BCUT2D eigenvalue weighted by Gasteiger charge is 2.36. The molecule has 1 aliphatic rings. The average molecular weight is 1760 g/mol. The van der Waals surface area contributed by atoms with Crippen LogP contribution in [0.3, 0.4) is 0 Å². The zero-order chi connectivity index (χ0) is 89.9. The third kappa shape index (κ3) is 38.8. The van der Waals surface area contributed by atoms with Crippen molar-refractivity contribution in [2.24, 2.45) is 0 Å². The lowest BCUT2D eigenvalue weighted by atomic mass is 10.1. The number of ether oxygens (including phenoxy) is 10. The fourth-order valence-electron chi connectivity index (χ4n) is 11.9. The maximum absolute atomic E-state index is 14.6. The van der Waals surface area contributed by atoms with Gasteiger partial charge in [0.25, 0.3) is 11.5 Å². The number of aryl methyl sites for hydroxylation is 1. The number of benzene rings is 1.